The third-order valence-electron chi connectivity index (χ3n) is 3.76. The Hall–Kier alpha value is -2.03. The maximum atomic E-state index is 13.1. The molecule has 2 aromatic carbocycles. The molecule has 1 atom stereocenters. The molecular formula is C17H20FNO. The highest BCUT2D eigenvalue weighted by molar-refractivity contribution is 5.56. The summed E-state index contributed by atoms with van der Waals surface area (Å²) in [4.78, 5) is 2.09. The molecule has 0 bridgehead atoms. The highest BCUT2D eigenvalue weighted by Crippen LogP contribution is 2.32. The fourth-order valence-electron chi connectivity index (χ4n) is 2.49. The normalized spacial score (nSPS) is 12.2. The zero-order chi connectivity index (χ0) is 14.9. The van der Waals surface area contributed by atoms with Gasteiger partial charge in [-0.1, -0.05) is 23.8 Å². The molecule has 0 radical (unpaired) electrons. The first-order valence-electron chi connectivity index (χ1n) is 6.68. The van der Waals surface area contributed by atoms with Gasteiger partial charge < -0.3 is 10.0 Å². The molecular weight excluding hydrogens is 253 g/mol. The molecule has 0 fully saturated rings. The lowest BCUT2D eigenvalue weighted by Crippen LogP contribution is -2.22. The van der Waals surface area contributed by atoms with Crippen molar-refractivity contribution in [2.75, 3.05) is 11.9 Å². The van der Waals surface area contributed by atoms with E-state index in [0.29, 0.717) is 5.56 Å². The topological polar surface area (TPSA) is 23.5 Å². The molecule has 20 heavy (non-hydrogen) atoms. The van der Waals surface area contributed by atoms with Crippen molar-refractivity contribution in [3.63, 3.8) is 0 Å². The van der Waals surface area contributed by atoms with Gasteiger partial charge >= 0.3 is 0 Å². The second-order valence-corrected chi connectivity index (χ2v) is 5.28. The molecule has 0 saturated heterocycles. The van der Waals surface area contributed by atoms with Crippen LogP contribution in [0.3, 0.4) is 0 Å². The van der Waals surface area contributed by atoms with E-state index < -0.39 is 5.82 Å². The number of rotatable bonds is 3. The molecule has 106 valence electrons. The number of halogens is 1. The fourth-order valence-corrected chi connectivity index (χ4v) is 2.49. The third kappa shape index (κ3) is 2.77. The molecule has 0 heterocycles. The predicted molar refractivity (Wildman–Crippen MR) is 80.8 cm³/mol. The Morgan fingerprint density at radius 3 is 2.40 bits per heavy atom. The summed E-state index contributed by atoms with van der Waals surface area (Å²) < 4.78 is 13.1. The SMILES string of the molecule is Cc1ccc(N(C)C(C)c2ccc(F)cc2O)c(C)c1. The minimum atomic E-state index is -0.424. The summed E-state index contributed by atoms with van der Waals surface area (Å²) in [6, 6.07) is 10.4. The molecule has 0 amide bonds. The maximum Gasteiger partial charge on any atom is 0.126 e. The highest BCUT2D eigenvalue weighted by Gasteiger charge is 2.17. The average Bonchev–Trinajstić information content (AvgIpc) is 2.37. The van der Waals surface area contributed by atoms with Crippen LogP contribution in [-0.2, 0) is 0 Å². The predicted octanol–water partition coefficient (Wildman–Crippen LogP) is 4.35. The van der Waals surface area contributed by atoms with E-state index in [-0.39, 0.29) is 11.8 Å². The van der Waals surface area contributed by atoms with Crippen LogP contribution in [0.15, 0.2) is 36.4 Å². The van der Waals surface area contributed by atoms with Gasteiger partial charge in [0, 0.05) is 24.4 Å². The van der Waals surface area contributed by atoms with Crippen LogP contribution in [0.1, 0.15) is 29.7 Å². The first-order valence-corrected chi connectivity index (χ1v) is 6.68. The summed E-state index contributed by atoms with van der Waals surface area (Å²) >= 11 is 0. The van der Waals surface area contributed by atoms with Crippen molar-refractivity contribution in [2.45, 2.75) is 26.8 Å². The number of anilines is 1. The van der Waals surface area contributed by atoms with Crippen molar-refractivity contribution >= 4 is 5.69 Å². The molecule has 0 spiro atoms. The number of nitrogens with zero attached hydrogens (tertiary/aromatic N) is 1. The zero-order valence-corrected chi connectivity index (χ0v) is 12.3. The third-order valence-corrected chi connectivity index (χ3v) is 3.76. The molecule has 0 saturated carbocycles. The van der Waals surface area contributed by atoms with Gasteiger partial charge in [-0.2, -0.15) is 0 Å². The molecule has 1 unspecified atom stereocenters. The molecule has 0 aliphatic rings. The smallest absolute Gasteiger partial charge is 0.126 e. The standard InChI is InChI=1S/C17H20FNO/c1-11-5-8-16(12(2)9-11)19(4)13(3)15-7-6-14(18)10-17(15)20/h5-10,13,20H,1-4H3. The van der Waals surface area contributed by atoms with E-state index in [1.54, 1.807) is 6.07 Å². The van der Waals surface area contributed by atoms with Gasteiger partial charge in [0.05, 0.1) is 6.04 Å². The highest BCUT2D eigenvalue weighted by atomic mass is 19.1. The summed E-state index contributed by atoms with van der Waals surface area (Å²) in [6.45, 7) is 6.12. The van der Waals surface area contributed by atoms with E-state index >= 15 is 0 Å². The van der Waals surface area contributed by atoms with E-state index in [9.17, 15) is 9.50 Å². The first kappa shape index (κ1) is 14.4. The molecule has 2 rings (SSSR count). The fraction of sp³-hybridized carbons (Fsp3) is 0.294. The van der Waals surface area contributed by atoms with E-state index in [0.717, 1.165) is 11.8 Å². The van der Waals surface area contributed by atoms with Gasteiger partial charge in [0.15, 0.2) is 0 Å². The summed E-state index contributed by atoms with van der Waals surface area (Å²) in [5.74, 6) is -0.429. The lowest BCUT2D eigenvalue weighted by molar-refractivity contribution is 0.456. The second kappa shape index (κ2) is 5.53. The number of phenols is 1. The van der Waals surface area contributed by atoms with E-state index in [1.165, 1.54) is 17.2 Å². The number of aryl methyl sites for hydroxylation is 2. The van der Waals surface area contributed by atoms with Crippen LogP contribution in [-0.4, -0.2) is 12.2 Å². The average molecular weight is 273 g/mol. The van der Waals surface area contributed by atoms with Gasteiger partial charge in [0.2, 0.25) is 0 Å². The Balaban J connectivity index is 2.34. The summed E-state index contributed by atoms with van der Waals surface area (Å²) in [6.07, 6.45) is 0. The number of aromatic hydroxyl groups is 1. The van der Waals surface area contributed by atoms with Crippen LogP contribution in [0.5, 0.6) is 5.75 Å². The Labute approximate surface area is 119 Å². The molecule has 1 N–H and O–H groups in total. The molecule has 0 aliphatic heterocycles. The lowest BCUT2D eigenvalue weighted by atomic mass is 10.0. The molecule has 0 aliphatic carbocycles. The van der Waals surface area contributed by atoms with Gasteiger partial charge in [-0.3, -0.25) is 0 Å². The van der Waals surface area contributed by atoms with Crippen molar-refractivity contribution in [2.24, 2.45) is 0 Å². The quantitative estimate of drug-likeness (QED) is 0.899. The minimum Gasteiger partial charge on any atom is -0.507 e. The number of hydrogen-bond donors (Lipinski definition) is 1. The van der Waals surface area contributed by atoms with Crippen LogP contribution in [0.4, 0.5) is 10.1 Å². The zero-order valence-electron chi connectivity index (χ0n) is 12.3. The van der Waals surface area contributed by atoms with Gasteiger partial charge in [-0.05, 0) is 38.5 Å². The summed E-state index contributed by atoms with van der Waals surface area (Å²) in [5, 5.41) is 9.90. The van der Waals surface area contributed by atoms with Crippen molar-refractivity contribution in [3.8, 4) is 5.75 Å². The molecule has 0 aromatic heterocycles. The van der Waals surface area contributed by atoms with E-state index in [4.69, 9.17) is 0 Å². The van der Waals surface area contributed by atoms with Crippen LogP contribution < -0.4 is 4.90 Å². The number of benzene rings is 2. The Morgan fingerprint density at radius 2 is 1.80 bits per heavy atom. The monoisotopic (exact) mass is 273 g/mol. The van der Waals surface area contributed by atoms with Gasteiger partial charge in [-0.25, -0.2) is 4.39 Å². The van der Waals surface area contributed by atoms with E-state index in [2.05, 4.69) is 36.9 Å². The molecule has 2 aromatic rings. The van der Waals surface area contributed by atoms with Crippen molar-refractivity contribution < 1.29 is 9.50 Å². The number of phenolic OH excluding ortho intramolecular Hbond substituents is 1. The van der Waals surface area contributed by atoms with Gasteiger partial charge in [-0.15, -0.1) is 0 Å². The minimum absolute atomic E-state index is 0.00545. The first-order chi connectivity index (χ1) is 9.40. The van der Waals surface area contributed by atoms with E-state index in [1.807, 2.05) is 14.0 Å². The van der Waals surface area contributed by atoms with Gasteiger partial charge in [0.1, 0.15) is 11.6 Å². The Bertz CT molecular complexity index is 569. The maximum absolute atomic E-state index is 13.1. The van der Waals surface area contributed by atoms with Gasteiger partial charge in [0.25, 0.3) is 0 Å². The molecule has 3 heteroatoms. The van der Waals surface area contributed by atoms with Crippen LogP contribution >= 0.6 is 0 Å². The van der Waals surface area contributed by atoms with Crippen molar-refractivity contribution in [1.29, 1.82) is 0 Å². The summed E-state index contributed by atoms with van der Waals surface area (Å²) in [7, 11) is 1.98. The van der Waals surface area contributed by atoms with Crippen molar-refractivity contribution in [1.82, 2.24) is 0 Å². The largest absolute Gasteiger partial charge is 0.507 e. The van der Waals surface area contributed by atoms with Crippen LogP contribution in [0, 0.1) is 19.7 Å². The lowest BCUT2D eigenvalue weighted by Gasteiger charge is -2.29. The second-order valence-electron chi connectivity index (χ2n) is 5.28. The molecule has 2 nitrogen and oxygen atoms in total. The Morgan fingerprint density at radius 1 is 1.10 bits per heavy atom. The van der Waals surface area contributed by atoms with Crippen LogP contribution in [0.2, 0.25) is 0 Å². The Kier molecular flexibility index (Phi) is 3.98. The van der Waals surface area contributed by atoms with Crippen molar-refractivity contribution in [3.05, 3.63) is 58.9 Å². The summed E-state index contributed by atoms with van der Waals surface area (Å²) in [5.41, 5.74) is 4.22. The van der Waals surface area contributed by atoms with Crippen LogP contribution in [0.25, 0.3) is 0 Å². The number of hydrogen-bond acceptors (Lipinski definition) is 2.